The number of rotatable bonds is 8. The van der Waals surface area contributed by atoms with Gasteiger partial charge in [0.05, 0.1) is 13.7 Å². The smallest absolute Gasteiger partial charge is 0.497 e. The summed E-state index contributed by atoms with van der Waals surface area (Å²) in [6.07, 6.45) is -5.06. The van der Waals surface area contributed by atoms with Crippen molar-refractivity contribution in [1.29, 1.82) is 0 Å². The first kappa shape index (κ1) is 22.5. The number of anilines is 1. The van der Waals surface area contributed by atoms with Crippen LogP contribution in [0.3, 0.4) is 0 Å². The number of nitrogens with one attached hydrogen (secondary N) is 1. The van der Waals surface area contributed by atoms with Gasteiger partial charge in [0.2, 0.25) is 15.9 Å². The molecule has 2 aromatic carbocycles. The number of methoxy groups -OCH3 is 1. The lowest BCUT2D eigenvalue weighted by Gasteiger charge is -2.22. The molecule has 2 rings (SSSR count). The first-order chi connectivity index (χ1) is 13.6. The van der Waals surface area contributed by atoms with Crippen molar-refractivity contribution in [2.75, 3.05) is 25.5 Å². The summed E-state index contributed by atoms with van der Waals surface area (Å²) in [5, 5.41) is 2.52. The average Bonchev–Trinajstić information content (AvgIpc) is 2.65. The molecule has 0 aromatic heterocycles. The van der Waals surface area contributed by atoms with Crippen molar-refractivity contribution >= 4 is 21.6 Å². The first-order valence-electron chi connectivity index (χ1n) is 8.35. The molecule has 1 amide bonds. The second-order valence-electron chi connectivity index (χ2n) is 5.71. The Hall–Kier alpha value is -2.79. The summed E-state index contributed by atoms with van der Waals surface area (Å²) < 4.78 is 73.1. The van der Waals surface area contributed by atoms with Gasteiger partial charge in [0, 0.05) is 18.3 Å². The molecule has 0 saturated heterocycles. The minimum absolute atomic E-state index is 0.145. The van der Waals surface area contributed by atoms with E-state index in [2.05, 4.69) is 10.1 Å². The highest BCUT2D eigenvalue weighted by molar-refractivity contribution is 7.89. The van der Waals surface area contributed by atoms with Gasteiger partial charge < -0.3 is 14.8 Å². The maximum Gasteiger partial charge on any atom is 0.573 e. The van der Waals surface area contributed by atoms with E-state index in [1.54, 1.807) is 18.2 Å². The summed E-state index contributed by atoms with van der Waals surface area (Å²) in [5.41, 5.74) is 0.378. The number of sulfonamides is 1. The minimum atomic E-state index is -5.06. The molecule has 158 valence electrons. The topological polar surface area (TPSA) is 84.9 Å². The molecular weight excluding hydrogens is 413 g/mol. The van der Waals surface area contributed by atoms with Crippen LogP contribution in [0.15, 0.2) is 53.4 Å². The number of amides is 1. The largest absolute Gasteiger partial charge is 0.573 e. The highest BCUT2D eigenvalue weighted by Gasteiger charge is 2.35. The Labute approximate surface area is 166 Å². The van der Waals surface area contributed by atoms with Crippen molar-refractivity contribution in [2.45, 2.75) is 18.2 Å². The van der Waals surface area contributed by atoms with Gasteiger partial charge in [0.1, 0.15) is 16.4 Å². The predicted octanol–water partition coefficient (Wildman–Crippen LogP) is 3.24. The predicted molar refractivity (Wildman–Crippen MR) is 99.2 cm³/mol. The van der Waals surface area contributed by atoms with Crippen LogP contribution in [0.25, 0.3) is 0 Å². The summed E-state index contributed by atoms with van der Waals surface area (Å²) in [5.74, 6) is -1.05. The van der Waals surface area contributed by atoms with Crippen molar-refractivity contribution in [3.05, 3.63) is 48.5 Å². The average molecular weight is 432 g/mol. The van der Waals surface area contributed by atoms with Crippen LogP contribution in [-0.2, 0) is 14.8 Å². The molecule has 0 saturated carbocycles. The van der Waals surface area contributed by atoms with Gasteiger partial charge in [-0.25, -0.2) is 8.42 Å². The number of nitrogens with zero attached hydrogens (tertiary/aromatic N) is 1. The second kappa shape index (κ2) is 9.14. The van der Waals surface area contributed by atoms with Crippen LogP contribution < -0.4 is 14.8 Å². The van der Waals surface area contributed by atoms with Gasteiger partial charge in [0.25, 0.3) is 0 Å². The maximum absolute atomic E-state index is 12.8. The van der Waals surface area contributed by atoms with Crippen LogP contribution in [0, 0.1) is 0 Å². The lowest BCUT2D eigenvalue weighted by Crippen LogP contribution is -2.38. The molecule has 0 spiro atoms. The van der Waals surface area contributed by atoms with E-state index in [0.717, 1.165) is 16.4 Å². The summed E-state index contributed by atoms with van der Waals surface area (Å²) in [4.78, 5) is 11.6. The third-order valence-electron chi connectivity index (χ3n) is 3.72. The molecule has 0 atom stereocenters. The van der Waals surface area contributed by atoms with Gasteiger partial charge in [-0.3, -0.25) is 4.79 Å². The molecule has 0 bridgehead atoms. The molecule has 2 aromatic rings. The zero-order chi connectivity index (χ0) is 21.7. The zero-order valence-corrected chi connectivity index (χ0v) is 16.4. The number of hydrogen-bond acceptors (Lipinski definition) is 5. The van der Waals surface area contributed by atoms with E-state index in [1.807, 2.05) is 0 Å². The molecule has 0 aliphatic rings. The molecule has 0 fully saturated rings. The number of benzene rings is 2. The number of carbonyl (C=O) groups excluding carboxylic acids is 1. The lowest BCUT2D eigenvalue weighted by atomic mass is 10.3. The first-order valence-corrected chi connectivity index (χ1v) is 9.79. The van der Waals surface area contributed by atoms with Crippen LogP contribution in [-0.4, -0.2) is 45.2 Å². The molecule has 0 radical (unpaired) electrons. The van der Waals surface area contributed by atoms with Crippen LogP contribution in [0.5, 0.6) is 11.5 Å². The van der Waals surface area contributed by atoms with E-state index in [1.165, 1.54) is 32.2 Å². The molecule has 29 heavy (non-hydrogen) atoms. The molecule has 0 aliphatic carbocycles. The van der Waals surface area contributed by atoms with E-state index in [0.29, 0.717) is 11.4 Å². The van der Waals surface area contributed by atoms with E-state index in [-0.39, 0.29) is 6.54 Å². The highest BCUT2D eigenvalue weighted by Crippen LogP contribution is 2.31. The monoisotopic (exact) mass is 432 g/mol. The van der Waals surface area contributed by atoms with Crippen molar-refractivity contribution in [3.8, 4) is 11.5 Å². The van der Waals surface area contributed by atoms with Gasteiger partial charge in [-0.05, 0) is 24.3 Å². The molecule has 0 aliphatic heterocycles. The van der Waals surface area contributed by atoms with Crippen LogP contribution in [0.2, 0.25) is 0 Å². The van der Waals surface area contributed by atoms with Gasteiger partial charge in [0.15, 0.2) is 0 Å². The third kappa shape index (κ3) is 6.09. The number of para-hydroxylation sites is 1. The SMILES string of the molecule is CCN(CC(=O)Nc1cccc(OC)c1)S(=O)(=O)c1ccccc1OC(F)(F)F. The van der Waals surface area contributed by atoms with E-state index < -0.39 is 39.5 Å². The Bertz CT molecular complexity index is 964. The number of ether oxygens (including phenoxy) is 2. The van der Waals surface area contributed by atoms with Crippen molar-refractivity contribution < 1.29 is 35.9 Å². The number of halogens is 3. The maximum atomic E-state index is 12.8. The highest BCUT2D eigenvalue weighted by atomic mass is 32.2. The van der Waals surface area contributed by atoms with Gasteiger partial charge >= 0.3 is 6.36 Å². The van der Waals surface area contributed by atoms with E-state index >= 15 is 0 Å². The molecular formula is C18H19F3N2O5S. The number of likely N-dealkylation sites (N-methyl/N-ethyl adjacent to an activating group) is 1. The lowest BCUT2D eigenvalue weighted by molar-refractivity contribution is -0.275. The Morgan fingerprint density at radius 1 is 1.14 bits per heavy atom. The molecule has 7 nitrogen and oxygen atoms in total. The van der Waals surface area contributed by atoms with Crippen LogP contribution >= 0.6 is 0 Å². The third-order valence-corrected chi connectivity index (χ3v) is 5.68. The Balaban J connectivity index is 2.23. The van der Waals surface area contributed by atoms with Crippen molar-refractivity contribution in [1.82, 2.24) is 4.31 Å². The number of alkyl halides is 3. The second-order valence-corrected chi connectivity index (χ2v) is 7.61. The molecule has 0 heterocycles. The van der Waals surface area contributed by atoms with E-state index in [9.17, 15) is 26.4 Å². The fraction of sp³-hybridized carbons (Fsp3) is 0.278. The standard InChI is InChI=1S/C18H19F3N2O5S/c1-3-23(12-17(24)22-13-7-6-8-14(11-13)27-2)29(25,26)16-10-5-4-9-15(16)28-18(19,20)21/h4-11H,3,12H2,1-2H3,(H,22,24). The van der Waals surface area contributed by atoms with Crippen LogP contribution in [0.1, 0.15) is 6.92 Å². The minimum Gasteiger partial charge on any atom is -0.497 e. The normalized spacial score (nSPS) is 11.9. The zero-order valence-electron chi connectivity index (χ0n) is 15.6. The van der Waals surface area contributed by atoms with Gasteiger partial charge in [-0.1, -0.05) is 25.1 Å². The quantitative estimate of drug-likeness (QED) is 0.692. The van der Waals surface area contributed by atoms with E-state index in [4.69, 9.17) is 4.74 Å². The molecule has 0 unspecified atom stereocenters. The fourth-order valence-corrected chi connectivity index (χ4v) is 3.96. The summed E-state index contributed by atoms with van der Waals surface area (Å²) in [6.45, 7) is 0.716. The van der Waals surface area contributed by atoms with Crippen molar-refractivity contribution in [2.24, 2.45) is 0 Å². The van der Waals surface area contributed by atoms with Gasteiger partial charge in [-0.15, -0.1) is 13.2 Å². The Morgan fingerprint density at radius 3 is 2.45 bits per heavy atom. The van der Waals surface area contributed by atoms with Crippen molar-refractivity contribution in [3.63, 3.8) is 0 Å². The number of hydrogen-bond donors (Lipinski definition) is 1. The fourth-order valence-electron chi connectivity index (χ4n) is 2.44. The number of carbonyl (C=O) groups is 1. The molecule has 11 heteroatoms. The van der Waals surface area contributed by atoms with Crippen LogP contribution in [0.4, 0.5) is 18.9 Å². The summed E-state index contributed by atoms with van der Waals surface area (Å²) in [7, 11) is -2.98. The van der Waals surface area contributed by atoms with Gasteiger partial charge in [-0.2, -0.15) is 4.31 Å². The Morgan fingerprint density at radius 2 is 1.83 bits per heavy atom. The summed E-state index contributed by atoms with van der Waals surface area (Å²) in [6, 6.07) is 10.8. The molecule has 1 N–H and O–H groups in total. The Kier molecular flexibility index (Phi) is 7.09. The summed E-state index contributed by atoms with van der Waals surface area (Å²) >= 11 is 0.